The fourth-order valence-corrected chi connectivity index (χ4v) is 3.09. The molecule has 5 heteroatoms. The average molecular weight is 385 g/mol. The molecular formula is C24H23N3O2. The summed E-state index contributed by atoms with van der Waals surface area (Å²) in [5.74, 6) is 0.795. The van der Waals surface area contributed by atoms with E-state index in [1.54, 1.807) is 12.4 Å². The van der Waals surface area contributed by atoms with E-state index in [1.807, 2.05) is 75.4 Å². The molecule has 4 rings (SSSR count). The third-order valence-electron chi connectivity index (χ3n) is 4.68. The molecule has 2 heterocycles. The zero-order valence-electron chi connectivity index (χ0n) is 16.8. The van der Waals surface area contributed by atoms with Crippen molar-refractivity contribution in [3.05, 3.63) is 78.1 Å². The normalized spacial score (nSPS) is 11.6. The van der Waals surface area contributed by atoms with Gasteiger partial charge < -0.3 is 9.72 Å². The number of H-pyrrole nitrogens is 1. The van der Waals surface area contributed by atoms with Gasteiger partial charge in [-0.2, -0.15) is 0 Å². The summed E-state index contributed by atoms with van der Waals surface area (Å²) in [6.45, 7) is 6.20. The Labute approximate surface area is 169 Å². The first-order valence-electron chi connectivity index (χ1n) is 9.58. The first kappa shape index (κ1) is 18.9. The number of nitrogens with one attached hydrogen (secondary N) is 1. The number of Topliss-reactive ketones (excluding diaryl/α,β-unsaturated/α-hetero) is 1. The lowest BCUT2D eigenvalue weighted by Gasteiger charge is -2.15. The summed E-state index contributed by atoms with van der Waals surface area (Å²) >= 11 is 0. The Kier molecular flexibility index (Phi) is 4.89. The van der Waals surface area contributed by atoms with Crippen molar-refractivity contribution in [2.24, 2.45) is 5.41 Å². The van der Waals surface area contributed by atoms with Crippen LogP contribution in [-0.2, 0) is 6.61 Å². The summed E-state index contributed by atoms with van der Waals surface area (Å²) in [7, 11) is 0. The molecule has 0 fully saturated rings. The number of carbonyl (C=O) groups excluding carboxylic acids is 1. The second kappa shape index (κ2) is 7.51. The van der Waals surface area contributed by atoms with Gasteiger partial charge >= 0.3 is 0 Å². The van der Waals surface area contributed by atoms with Crippen LogP contribution in [0.4, 0.5) is 0 Å². The van der Waals surface area contributed by atoms with Gasteiger partial charge in [0.05, 0.1) is 17.5 Å². The Bertz CT molecular complexity index is 1160. The van der Waals surface area contributed by atoms with Crippen LogP contribution in [0.25, 0.3) is 22.4 Å². The Morgan fingerprint density at radius 2 is 1.86 bits per heavy atom. The van der Waals surface area contributed by atoms with Crippen LogP contribution < -0.4 is 4.74 Å². The molecule has 0 aliphatic carbocycles. The molecule has 1 N–H and O–H groups in total. The van der Waals surface area contributed by atoms with E-state index < -0.39 is 5.41 Å². The summed E-state index contributed by atoms with van der Waals surface area (Å²) < 4.78 is 5.92. The Balaban J connectivity index is 1.63. The van der Waals surface area contributed by atoms with Crippen molar-refractivity contribution in [1.82, 2.24) is 15.0 Å². The molecule has 0 atom stereocenters. The van der Waals surface area contributed by atoms with Gasteiger partial charge in [0.25, 0.3) is 0 Å². The van der Waals surface area contributed by atoms with Crippen molar-refractivity contribution in [1.29, 1.82) is 0 Å². The summed E-state index contributed by atoms with van der Waals surface area (Å²) in [5, 5.41) is 0. The minimum atomic E-state index is -0.488. The van der Waals surface area contributed by atoms with Gasteiger partial charge in [-0.05, 0) is 17.7 Å². The van der Waals surface area contributed by atoms with E-state index in [9.17, 15) is 4.79 Å². The van der Waals surface area contributed by atoms with Gasteiger partial charge in [-0.1, -0.05) is 63.2 Å². The van der Waals surface area contributed by atoms with Crippen LogP contribution in [0.15, 0.2) is 67.0 Å². The third kappa shape index (κ3) is 4.04. The van der Waals surface area contributed by atoms with Crippen molar-refractivity contribution in [2.45, 2.75) is 27.4 Å². The highest BCUT2D eigenvalue weighted by atomic mass is 16.5. The number of hydrogen-bond acceptors (Lipinski definition) is 4. The van der Waals surface area contributed by atoms with Gasteiger partial charge in [0, 0.05) is 17.2 Å². The van der Waals surface area contributed by atoms with Crippen LogP contribution in [0, 0.1) is 5.41 Å². The highest BCUT2D eigenvalue weighted by Crippen LogP contribution is 2.28. The minimum Gasteiger partial charge on any atom is -0.489 e. The maximum atomic E-state index is 12.8. The van der Waals surface area contributed by atoms with Crippen molar-refractivity contribution in [2.75, 3.05) is 0 Å². The largest absolute Gasteiger partial charge is 0.489 e. The summed E-state index contributed by atoms with van der Waals surface area (Å²) in [6.07, 6.45) is 3.40. The van der Waals surface area contributed by atoms with Crippen molar-refractivity contribution >= 4 is 16.9 Å². The Hall–Kier alpha value is -3.47. The lowest BCUT2D eigenvalue weighted by molar-refractivity contribution is 0.0860. The van der Waals surface area contributed by atoms with E-state index in [4.69, 9.17) is 9.72 Å². The van der Waals surface area contributed by atoms with E-state index in [1.165, 1.54) is 0 Å². The van der Waals surface area contributed by atoms with Gasteiger partial charge in [0.1, 0.15) is 17.9 Å². The quantitative estimate of drug-likeness (QED) is 0.465. The molecule has 0 spiro atoms. The van der Waals surface area contributed by atoms with Gasteiger partial charge in [0.15, 0.2) is 11.4 Å². The first-order chi connectivity index (χ1) is 13.9. The van der Waals surface area contributed by atoms with E-state index in [2.05, 4.69) is 9.97 Å². The predicted molar refractivity (Wildman–Crippen MR) is 114 cm³/mol. The molecule has 146 valence electrons. The molecule has 2 aromatic carbocycles. The molecular weight excluding hydrogens is 362 g/mol. The number of aromatic amines is 1. The Morgan fingerprint density at radius 1 is 1.07 bits per heavy atom. The molecule has 0 aliphatic heterocycles. The van der Waals surface area contributed by atoms with Crippen molar-refractivity contribution < 1.29 is 9.53 Å². The van der Waals surface area contributed by atoms with Crippen LogP contribution in [0.3, 0.4) is 0 Å². The molecule has 0 radical (unpaired) electrons. The molecule has 5 nitrogen and oxygen atoms in total. The van der Waals surface area contributed by atoms with Gasteiger partial charge in [-0.25, -0.2) is 9.97 Å². The number of benzene rings is 2. The van der Waals surface area contributed by atoms with Crippen LogP contribution >= 0.6 is 0 Å². The summed E-state index contributed by atoms with van der Waals surface area (Å²) in [4.78, 5) is 25.0. The average Bonchev–Trinajstić information content (AvgIpc) is 3.15. The topological polar surface area (TPSA) is 67.9 Å². The Morgan fingerprint density at radius 3 is 2.62 bits per heavy atom. The van der Waals surface area contributed by atoms with Crippen molar-refractivity contribution in [3.8, 4) is 17.0 Å². The fourth-order valence-electron chi connectivity index (χ4n) is 3.09. The molecule has 0 amide bonds. The number of ether oxygens (including phenoxy) is 1. The molecule has 0 aliphatic rings. The van der Waals surface area contributed by atoms with Gasteiger partial charge in [0.2, 0.25) is 0 Å². The first-order valence-corrected chi connectivity index (χ1v) is 9.58. The number of nitrogens with zero attached hydrogens (tertiary/aromatic N) is 2. The highest BCUT2D eigenvalue weighted by molar-refractivity contribution is 6.08. The predicted octanol–water partition coefficient (Wildman–Crippen LogP) is 5.43. The number of fused-ring (bicyclic) bond motifs is 1. The van der Waals surface area contributed by atoms with E-state index in [-0.39, 0.29) is 5.78 Å². The second-order valence-electron chi connectivity index (χ2n) is 8.04. The summed E-state index contributed by atoms with van der Waals surface area (Å²) in [6, 6.07) is 17.8. The highest BCUT2D eigenvalue weighted by Gasteiger charge is 2.26. The SMILES string of the molecule is CC(C)(C)C(=O)c1c[nH]c2ncc(-c3cccc(OCc4ccccc4)c3)nc12. The van der Waals surface area contributed by atoms with Gasteiger partial charge in [-0.3, -0.25) is 4.79 Å². The van der Waals surface area contributed by atoms with Crippen LogP contribution in [0.1, 0.15) is 36.7 Å². The van der Waals surface area contributed by atoms with E-state index in [0.717, 1.165) is 16.9 Å². The number of ketones is 1. The van der Waals surface area contributed by atoms with Crippen LogP contribution in [-0.4, -0.2) is 20.7 Å². The number of carbonyl (C=O) groups is 1. The molecule has 4 aromatic rings. The molecule has 2 aromatic heterocycles. The lowest BCUT2D eigenvalue weighted by atomic mass is 9.87. The number of rotatable bonds is 5. The molecule has 0 bridgehead atoms. The minimum absolute atomic E-state index is 0.0372. The molecule has 0 unspecified atom stereocenters. The number of aromatic nitrogens is 3. The second-order valence-corrected chi connectivity index (χ2v) is 8.04. The lowest BCUT2D eigenvalue weighted by Crippen LogP contribution is -2.20. The van der Waals surface area contributed by atoms with Crippen LogP contribution in [0.5, 0.6) is 5.75 Å². The van der Waals surface area contributed by atoms with E-state index >= 15 is 0 Å². The molecule has 0 saturated carbocycles. The molecule has 0 saturated heterocycles. The maximum absolute atomic E-state index is 12.8. The standard InChI is InChI=1S/C24H23N3O2/c1-24(2,3)22(28)19-13-25-23-21(19)27-20(14-26-23)17-10-7-11-18(12-17)29-15-16-8-5-4-6-9-16/h4-14H,15H2,1-3H3,(H,25,26). The zero-order valence-corrected chi connectivity index (χ0v) is 16.8. The third-order valence-corrected chi connectivity index (χ3v) is 4.68. The van der Waals surface area contributed by atoms with E-state index in [0.29, 0.717) is 29.0 Å². The fraction of sp³-hybridized carbons (Fsp3) is 0.208. The zero-order chi connectivity index (χ0) is 20.4. The number of hydrogen-bond donors (Lipinski definition) is 1. The maximum Gasteiger partial charge on any atom is 0.171 e. The van der Waals surface area contributed by atoms with Crippen molar-refractivity contribution in [3.63, 3.8) is 0 Å². The van der Waals surface area contributed by atoms with Crippen LogP contribution in [0.2, 0.25) is 0 Å². The summed E-state index contributed by atoms with van der Waals surface area (Å²) in [5.41, 5.74) is 3.98. The smallest absolute Gasteiger partial charge is 0.171 e. The monoisotopic (exact) mass is 385 g/mol. The molecule has 29 heavy (non-hydrogen) atoms. The van der Waals surface area contributed by atoms with Gasteiger partial charge in [-0.15, -0.1) is 0 Å².